The number of benzene rings is 2. The summed E-state index contributed by atoms with van der Waals surface area (Å²) in [7, 11) is 1.00. The molecule has 1 amide bonds. The highest BCUT2D eigenvalue weighted by Crippen LogP contribution is 2.32. The molecule has 2 heterocycles. The van der Waals surface area contributed by atoms with Gasteiger partial charge >= 0.3 is 0 Å². The second-order valence-electron chi connectivity index (χ2n) is 8.71. The summed E-state index contributed by atoms with van der Waals surface area (Å²) in [4.78, 5) is 26.3. The first-order chi connectivity index (χ1) is 15.9. The van der Waals surface area contributed by atoms with Gasteiger partial charge in [0, 0.05) is 45.1 Å². The number of phenolic OH excluding ortho intramolecular Hbond substituents is 1. The number of fused-ring (bicyclic) bond motifs is 1. The largest absolute Gasteiger partial charge is 0.507 e. The predicted molar refractivity (Wildman–Crippen MR) is 132 cm³/mol. The van der Waals surface area contributed by atoms with E-state index in [0.29, 0.717) is 36.8 Å². The molecule has 0 atom stereocenters. The average Bonchev–Trinajstić information content (AvgIpc) is 2.83. The molecule has 1 fully saturated rings. The molecule has 0 spiro atoms. The fourth-order valence-corrected chi connectivity index (χ4v) is 3.99. The smallest absolute Gasteiger partial charge is 0.222 e. The lowest BCUT2D eigenvalue weighted by Crippen LogP contribution is -2.49. The molecular formula is C26H34N4O3. The molecule has 0 unspecified atom stereocenters. The second kappa shape index (κ2) is 11.1. The van der Waals surface area contributed by atoms with Crippen molar-refractivity contribution in [3.8, 4) is 17.1 Å². The van der Waals surface area contributed by atoms with Crippen molar-refractivity contribution in [1.29, 1.82) is 0 Å². The minimum Gasteiger partial charge on any atom is -0.507 e. The standard InChI is InChI=1S/C25H30N4O2.CH4O/c1-17(2)8-11-23(31)28-12-14-29(15-13-28)25-19-10-9-18(3)16-21(19)26-24(27-25)20-6-4-5-7-22(20)30;1-2/h4-7,9-10,16-17,30H,8,11-15H2,1-3H3;2H,1H3. The number of aromatic nitrogens is 2. The summed E-state index contributed by atoms with van der Waals surface area (Å²) in [6.45, 7) is 9.19. The molecule has 33 heavy (non-hydrogen) atoms. The summed E-state index contributed by atoms with van der Waals surface area (Å²) in [6.07, 6.45) is 1.55. The Morgan fingerprint density at radius 3 is 2.39 bits per heavy atom. The molecule has 2 aromatic carbocycles. The van der Waals surface area contributed by atoms with Crippen LogP contribution < -0.4 is 4.90 Å². The molecule has 0 saturated carbocycles. The third-order valence-electron chi connectivity index (χ3n) is 5.84. The van der Waals surface area contributed by atoms with E-state index in [1.54, 1.807) is 12.1 Å². The number of carbonyl (C=O) groups is 1. The molecular weight excluding hydrogens is 416 g/mol. The van der Waals surface area contributed by atoms with Crippen LogP contribution in [0.4, 0.5) is 5.82 Å². The van der Waals surface area contributed by atoms with E-state index in [2.05, 4.69) is 36.9 Å². The Morgan fingerprint density at radius 1 is 1.03 bits per heavy atom. The van der Waals surface area contributed by atoms with E-state index in [4.69, 9.17) is 15.1 Å². The van der Waals surface area contributed by atoms with E-state index in [9.17, 15) is 9.90 Å². The molecule has 0 bridgehead atoms. The molecule has 176 valence electrons. The van der Waals surface area contributed by atoms with Gasteiger partial charge in [-0.05, 0) is 49.1 Å². The Labute approximate surface area is 195 Å². The van der Waals surface area contributed by atoms with Crippen LogP contribution >= 0.6 is 0 Å². The Balaban J connectivity index is 0.00000149. The van der Waals surface area contributed by atoms with E-state index in [1.807, 2.05) is 24.0 Å². The Bertz CT molecular complexity index is 1090. The highest BCUT2D eigenvalue weighted by atomic mass is 16.3. The van der Waals surface area contributed by atoms with Crippen LogP contribution in [-0.4, -0.2) is 64.3 Å². The van der Waals surface area contributed by atoms with E-state index < -0.39 is 0 Å². The van der Waals surface area contributed by atoms with Crippen LogP contribution in [0.1, 0.15) is 32.3 Å². The number of hydrogen-bond acceptors (Lipinski definition) is 6. The number of phenols is 1. The van der Waals surface area contributed by atoms with Crippen LogP contribution in [0.5, 0.6) is 5.75 Å². The molecule has 7 heteroatoms. The number of amides is 1. The molecule has 1 aliphatic rings. The van der Waals surface area contributed by atoms with Gasteiger partial charge < -0.3 is 20.0 Å². The van der Waals surface area contributed by atoms with Crippen LogP contribution in [0.15, 0.2) is 42.5 Å². The van der Waals surface area contributed by atoms with Crippen LogP contribution in [0.25, 0.3) is 22.3 Å². The summed E-state index contributed by atoms with van der Waals surface area (Å²) < 4.78 is 0. The number of nitrogens with zero attached hydrogens (tertiary/aromatic N) is 4. The molecule has 2 N–H and O–H groups in total. The minimum atomic E-state index is 0.168. The first-order valence-corrected chi connectivity index (χ1v) is 11.5. The fraction of sp³-hybridized carbons (Fsp3) is 0.423. The van der Waals surface area contributed by atoms with Crippen molar-refractivity contribution in [2.75, 3.05) is 38.2 Å². The van der Waals surface area contributed by atoms with Crippen molar-refractivity contribution in [1.82, 2.24) is 14.9 Å². The van der Waals surface area contributed by atoms with E-state index >= 15 is 0 Å². The number of anilines is 1. The first kappa shape index (κ1) is 24.5. The van der Waals surface area contributed by atoms with E-state index in [1.165, 1.54) is 0 Å². The van der Waals surface area contributed by atoms with Crippen LogP contribution in [0.3, 0.4) is 0 Å². The number of aliphatic hydroxyl groups excluding tert-OH is 1. The van der Waals surface area contributed by atoms with E-state index in [-0.39, 0.29) is 11.7 Å². The van der Waals surface area contributed by atoms with Crippen molar-refractivity contribution in [2.45, 2.75) is 33.6 Å². The van der Waals surface area contributed by atoms with E-state index in [0.717, 1.165) is 48.9 Å². The Morgan fingerprint density at radius 2 is 1.73 bits per heavy atom. The number of hydrogen-bond donors (Lipinski definition) is 2. The molecule has 1 aliphatic heterocycles. The van der Waals surface area contributed by atoms with Crippen molar-refractivity contribution in [3.63, 3.8) is 0 Å². The van der Waals surface area contributed by atoms with Crippen LogP contribution in [-0.2, 0) is 4.79 Å². The van der Waals surface area contributed by atoms with Gasteiger partial charge in [0.15, 0.2) is 5.82 Å². The zero-order valence-electron chi connectivity index (χ0n) is 20.0. The summed E-state index contributed by atoms with van der Waals surface area (Å²) >= 11 is 0. The van der Waals surface area contributed by atoms with Crippen molar-refractivity contribution >= 4 is 22.6 Å². The number of rotatable bonds is 5. The second-order valence-corrected chi connectivity index (χ2v) is 8.71. The zero-order chi connectivity index (χ0) is 24.0. The maximum Gasteiger partial charge on any atom is 0.222 e. The minimum absolute atomic E-state index is 0.168. The van der Waals surface area contributed by atoms with Gasteiger partial charge in [0.25, 0.3) is 0 Å². The monoisotopic (exact) mass is 450 g/mol. The third-order valence-corrected chi connectivity index (χ3v) is 5.84. The quantitative estimate of drug-likeness (QED) is 0.611. The molecule has 1 aromatic heterocycles. The van der Waals surface area contributed by atoms with Gasteiger partial charge in [-0.25, -0.2) is 9.97 Å². The Hall–Kier alpha value is -3.19. The van der Waals surface area contributed by atoms with Crippen LogP contribution in [0, 0.1) is 12.8 Å². The number of carbonyl (C=O) groups excluding carboxylic acids is 1. The Kier molecular flexibility index (Phi) is 8.22. The van der Waals surface area contributed by atoms with Crippen molar-refractivity contribution in [2.24, 2.45) is 5.92 Å². The molecule has 0 radical (unpaired) electrons. The lowest BCUT2D eigenvalue weighted by atomic mass is 10.1. The van der Waals surface area contributed by atoms with Gasteiger partial charge in [-0.1, -0.05) is 32.0 Å². The first-order valence-electron chi connectivity index (χ1n) is 11.5. The lowest BCUT2D eigenvalue weighted by molar-refractivity contribution is -0.131. The highest BCUT2D eigenvalue weighted by molar-refractivity contribution is 5.92. The fourth-order valence-electron chi connectivity index (χ4n) is 3.99. The molecule has 7 nitrogen and oxygen atoms in total. The maximum atomic E-state index is 12.5. The SMILES string of the molecule is CO.Cc1ccc2c(N3CCN(C(=O)CCC(C)C)CC3)nc(-c3ccccc3O)nc2c1. The predicted octanol–water partition coefficient (Wildman–Crippen LogP) is 4.00. The summed E-state index contributed by atoms with van der Waals surface area (Å²) in [5, 5.41) is 18.3. The number of piperazine rings is 1. The topological polar surface area (TPSA) is 89.8 Å². The summed E-state index contributed by atoms with van der Waals surface area (Å²) in [5.74, 6) is 2.32. The number of aromatic hydroxyl groups is 1. The van der Waals surface area contributed by atoms with Gasteiger partial charge in [-0.2, -0.15) is 0 Å². The maximum absolute atomic E-state index is 12.5. The third kappa shape index (κ3) is 5.79. The van der Waals surface area contributed by atoms with Crippen LogP contribution in [0.2, 0.25) is 0 Å². The molecule has 0 aliphatic carbocycles. The summed E-state index contributed by atoms with van der Waals surface area (Å²) in [6, 6.07) is 13.3. The average molecular weight is 451 g/mol. The number of aryl methyl sites for hydroxylation is 1. The number of para-hydroxylation sites is 1. The summed E-state index contributed by atoms with van der Waals surface area (Å²) in [5.41, 5.74) is 2.61. The molecule has 3 aromatic rings. The lowest BCUT2D eigenvalue weighted by Gasteiger charge is -2.36. The highest BCUT2D eigenvalue weighted by Gasteiger charge is 2.24. The van der Waals surface area contributed by atoms with Crippen molar-refractivity contribution in [3.05, 3.63) is 48.0 Å². The van der Waals surface area contributed by atoms with Gasteiger partial charge in [0.2, 0.25) is 5.91 Å². The van der Waals surface area contributed by atoms with Gasteiger partial charge in [-0.3, -0.25) is 4.79 Å². The number of aliphatic hydroxyl groups is 1. The molecule has 1 saturated heterocycles. The van der Waals surface area contributed by atoms with Gasteiger partial charge in [0.05, 0.1) is 11.1 Å². The zero-order valence-corrected chi connectivity index (χ0v) is 20.0. The normalized spacial score (nSPS) is 13.8. The van der Waals surface area contributed by atoms with Gasteiger partial charge in [-0.15, -0.1) is 0 Å². The van der Waals surface area contributed by atoms with Crippen molar-refractivity contribution < 1.29 is 15.0 Å². The van der Waals surface area contributed by atoms with Gasteiger partial charge in [0.1, 0.15) is 11.6 Å². The molecule has 4 rings (SSSR count).